The lowest BCUT2D eigenvalue weighted by atomic mass is 9.34. The second-order valence-corrected chi connectivity index (χ2v) is 7.27. The van der Waals surface area contributed by atoms with Crippen LogP contribution in [0.3, 0.4) is 0 Å². The van der Waals surface area contributed by atoms with Crippen LogP contribution in [0.5, 0.6) is 0 Å². The Hall–Kier alpha value is -0.950. The van der Waals surface area contributed by atoms with Gasteiger partial charge in [0.1, 0.15) is 12.2 Å². The Morgan fingerprint density at radius 3 is 2.71 bits per heavy atom. The molecular formula is C15H20O6. The smallest absolute Gasteiger partial charge is 0.332 e. The average Bonchev–Trinajstić information content (AvgIpc) is 2.74. The van der Waals surface area contributed by atoms with Crippen LogP contribution in [0, 0.1) is 11.3 Å². The third-order valence-electron chi connectivity index (χ3n) is 6.23. The first-order valence-electron chi connectivity index (χ1n) is 7.37. The molecular weight excluding hydrogens is 276 g/mol. The summed E-state index contributed by atoms with van der Waals surface area (Å²) >= 11 is 0. The minimum atomic E-state index is -1.20. The van der Waals surface area contributed by atoms with Crippen molar-refractivity contribution in [1.29, 1.82) is 0 Å². The molecule has 0 radical (unpaired) electrons. The zero-order chi connectivity index (χ0) is 15.1. The average molecular weight is 296 g/mol. The molecule has 6 atom stereocenters. The Morgan fingerprint density at radius 1 is 1.33 bits per heavy atom. The van der Waals surface area contributed by atoms with Gasteiger partial charge in [0, 0.05) is 18.3 Å². The standard InChI is InChI=1S/C15H20O6/c1-2-10(16)20-5-11(17)21-14-4-9-3-13(19)6-12(18,7-14)8-15(9,13)14/h2,9-10,16,18-19H,1,3-8H2. The van der Waals surface area contributed by atoms with E-state index >= 15 is 0 Å². The van der Waals surface area contributed by atoms with Gasteiger partial charge in [0.25, 0.3) is 0 Å². The van der Waals surface area contributed by atoms with E-state index in [1.165, 1.54) is 6.08 Å². The van der Waals surface area contributed by atoms with Crippen LogP contribution in [0.2, 0.25) is 0 Å². The lowest BCUT2D eigenvalue weighted by Crippen LogP contribution is -2.80. The van der Waals surface area contributed by atoms with Gasteiger partial charge in [-0.15, -0.1) is 0 Å². The molecule has 2 bridgehead atoms. The predicted octanol–water partition coefficient (Wildman–Crippen LogP) is -0.141. The summed E-state index contributed by atoms with van der Waals surface area (Å²) in [7, 11) is 0. The van der Waals surface area contributed by atoms with Gasteiger partial charge in [-0.3, -0.25) is 0 Å². The van der Waals surface area contributed by atoms with Crippen LogP contribution in [0.4, 0.5) is 0 Å². The minimum absolute atomic E-state index is 0.339. The van der Waals surface area contributed by atoms with Crippen molar-refractivity contribution in [2.45, 2.75) is 55.2 Å². The van der Waals surface area contributed by atoms with Gasteiger partial charge >= 0.3 is 5.97 Å². The monoisotopic (exact) mass is 296 g/mol. The van der Waals surface area contributed by atoms with Gasteiger partial charge in [-0.25, -0.2) is 4.79 Å². The fraction of sp³-hybridized carbons (Fsp3) is 0.800. The molecule has 4 aliphatic carbocycles. The van der Waals surface area contributed by atoms with Crippen LogP contribution in [0.15, 0.2) is 12.7 Å². The molecule has 4 fully saturated rings. The Bertz CT molecular complexity index is 534. The van der Waals surface area contributed by atoms with Gasteiger partial charge < -0.3 is 24.8 Å². The molecule has 0 amide bonds. The molecule has 0 aromatic rings. The topological polar surface area (TPSA) is 96.2 Å². The summed E-state index contributed by atoms with van der Waals surface area (Å²) in [6, 6.07) is 0. The Morgan fingerprint density at radius 2 is 2.10 bits per heavy atom. The van der Waals surface area contributed by atoms with Crippen molar-refractivity contribution >= 4 is 5.97 Å². The number of rotatable bonds is 5. The maximum Gasteiger partial charge on any atom is 0.332 e. The summed E-state index contributed by atoms with van der Waals surface area (Å²) in [6.07, 6.45) is 2.68. The number of ether oxygens (including phenoxy) is 2. The summed E-state index contributed by atoms with van der Waals surface area (Å²) in [5, 5.41) is 30.5. The number of esters is 1. The molecule has 0 aromatic carbocycles. The number of carbonyl (C=O) groups excluding carboxylic acids is 1. The molecule has 0 aliphatic heterocycles. The number of hydrogen-bond acceptors (Lipinski definition) is 6. The van der Waals surface area contributed by atoms with Gasteiger partial charge in [0.05, 0.1) is 11.2 Å². The van der Waals surface area contributed by atoms with Crippen LogP contribution in [-0.2, 0) is 14.3 Å². The first-order valence-corrected chi connectivity index (χ1v) is 7.37. The molecule has 0 aromatic heterocycles. The summed E-state index contributed by atoms with van der Waals surface area (Å²) in [5.41, 5.74) is -3.01. The highest BCUT2D eigenvalue weighted by atomic mass is 16.6. The molecule has 4 saturated carbocycles. The molecule has 0 heterocycles. The molecule has 116 valence electrons. The van der Waals surface area contributed by atoms with E-state index in [9.17, 15) is 20.1 Å². The summed E-state index contributed by atoms with van der Waals surface area (Å²) in [5.74, 6) is -0.236. The fourth-order valence-electron chi connectivity index (χ4n) is 5.85. The SMILES string of the molecule is C=CC(O)OCC(=O)OC12CC3CC4(O)CC(O)(C1)CC342. The Balaban J connectivity index is 1.49. The normalized spacial score (nSPS) is 53.4. The van der Waals surface area contributed by atoms with Crippen molar-refractivity contribution in [3.05, 3.63) is 12.7 Å². The lowest BCUT2D eigenvalue weighted by Gasteiger charge is -2.74. The highest BCUT2D eigenvalue weighted by molar-refractivity contribution is 5.72. The van der Waals surface area contributed by atoms with Crippen molar-refractivity contribution in [2.24, 2.45) is 11.3 Å². The molecule has 4 rings (SSSR count). The number of aliphatic hydroxyl groups is 3. The molecule has 4 aliphatic rings. The maximum absolute atomic E-state index is 12.0. The third-order valence-corrected chi connectivity index (χ3v) is 6.23. The fourth-order valence-corrected chi connectivity index (χ4v) is 5.85. The van der Waals surface area contributed by atoms with Gasteiger partial charge in [-0.2, -0.15) is 0 Å². The second kappa shape index (κ2) is 3.68. The van der Waals surface area contributed by atoms with E-state index in [0.717, 1.165) is 0 Å². The molecule has 0 saturated heterocycles. The van der Waals surface area contributed by atoms with E-state index in [1.54, 1.807) is 0 Å². The van der Waals surface area contributed by atoms with E-state index < -0.39 is 34.5 Å². The van der Waals surface area contributed by atoms with Crippen molar-refractivity contribution in [3.63, 3.8) is 0 Å². The van der Waals surface area contributed by atoms with E-state index in [0.29, 0.717) is 38.0 Å². The minimum Gasteiger partial charge on any atom is -0.457 e. The first-order chi connectivity index (χ1) is 9.78. The van der Waals surface area contributed by atoms with E-state index in [4.69, 9.17) is 9.47 Å². The zero-order valence-corrected chi connectivity index (χ0v) is 11.7. The molecule has 6 heteroatoms. The summed E-state index contributed by atoms with van der Waals surface area (Å²) in [6.45, 7) is 2.98. The van der Waals surface area contributed by atoms with Crippen molar-refractivity contribution in [3.8, 4) is 0 Å². The van der Waals surface area contributed by atoms with Crippen LogP contribution in [0.1, 0.15) is 32.1 Å². The quantitative estimate of drug-likeness (QED) is 0.371. The number of fused-ring (bicyclic) bond motifs is 1. The second-order valence-electron chi connectivity index (χ2n) is 7.27. The largest absolute Gasteiger partial charge is 0.457 e. The highest BCUT2D eigenvalue weighted by Crippen LogP contribution is 2.86. The van der Waals surface area contributed by atoms with Crippen LogP contribution in [-0.4, -0.2) is 51.0 Å². The van der Waals surface area contributed by atoms with Crippen molar-refractivity contribution in [2.75, 3.05) is 6.61 Å². The van der Waals surface area contributed by atoms with E-state index in [-0.39, 0.29) is 6.61 Å². The van der Waals surface area contributed by atoms with Crippen LogP contribution in [0.25, 0.3) is 0 Å². The number of carbonyl (C=O) groups is 1. The lowest BCUT2D eigenvalue weighted by molar-refractivity contribution is -0.357. The van der Waals surface area contributed by atoms with E-state index in [2.05, 4.69) is 6.58 Å². The first kappa shape index (κ1) is 13.7. The molecule has 6 nitrogen and oxygen atoms in total. The highest BCUT2D eigenvalue weighted by Gasteiger charge is 2.91. The van der Waals surface area contributed by atoms with Crippen LogP contribution >= 0.6 is 0 Å². The van der Waals surface area contributed by atoms with Crippen molar-refractivity contribution in [1.82, 2.24) is 0 Å². The van der Waals surface area contributed by atoms with Gasteiger partial charge in [0.2, 0.25) is 0 Å². The molecule has 3 N–H and O–H groups in total. The Labute approximate surface area is 122 Å². The predicted molar refractivity (Wildman–Crippen MR) is 69.9 cm³/mol. The maximum atomic E-state index is 12.0. The van der Waals surface area contributed by atoms with Gasteiger partial charge in [-0.1, -0.05) is 6.58 Å². The molecule has 6 unspecified atom stereocenters. The van der Waals surface area contributed by atoms with Crippen LogP contribution < -0.4 is 0 Å². The summed E-state index contributed by atoms with van der Waals surface area (Å²) < 4.78 is 10.5. The number of hydrogen-bond donors (Lipinski definition) is 3. The Kier molecular flexibility index (Phi) is 2.40. The molecule has 1 spiro atoms. The van der Waals surface area contributed by atoms with E-state index in [1.807, 2.05) is 0 Å². The van der Waals surface area contributed by atoms with Crippen molar-refractivity contribution < 1.29 is 29.6 Å². The number of aliphatic hydroxyl groups excluding tert-OH is 1. The van der Waals surface area contributed by atoms with Gasteiger partial charge in [0.15, 0.2) is 6.29 Å². The molecule has 21 heavy (non-hydrogen) atoms. The summed E-state index contributed by atoms with van der Waals surface area (Å²) in [4.78, 5) is 12.0. The third kappa shape index (κ3) is 1.39. The zero-order valence-electron chi connectivity index (χ0n) is 11.7. The van der Waals surface area contributed by atoms with Gasteiger partial charge in [-0.05, 0) is 31.3 Å².